The van der Waals surface area contributed by atoms with Crippen LogP contribution in [0.5, 0.6) is 5.75 Å². The molecule has 2 aromatic rings. The van der Waals surface area contributed by atoms with Gasteiger partial charge >= 0.3 is 0 Å². The van der Waals surface area contributed by atoms with Gasteiger partial charge in [-0.2, -0.15) is 0 Å². The van der Waals surface area contributed by atoms with Gasteiger partial charge in [0.05, 0.1) is 18.5 Å². The van der Waals surface area contributed by atoms with Crippen LogP contribution in [-0.4, -0.2) is 16.7 Å². The summed E-state index contributed by atoms with van der Waals surface area (Å²) in [7, 11) is 3.51. The predicted molar refractivity (Wildman–Crippen MR) is 74.1 cm³/mol. The Bertz CT molecular complexity index is 605. The first-order chi connectivity index (χ1) is 8.45. The second-order valence-electron chi connectivity index (χ2n) is 4.26. The molecule has 5 heteroatoms. The Kier molecular flexibility index (Phi) is 3.22. The molecule has 0 saturated carbocycles. The summed E-state index contributed by atoms with van der Waals surface area (Å²) in [6.45, 7) is 3.86. The van der Waals surface area contributed by atoms with Gasteiger partial charge in [-0.3, -0.25) is 0 Å². The molecule has 0 spiro atoms. The standard InChI is InChI=1S/C13H16ClN3O/c1-7-5-11(18-4)9(6-10(7)14)12-8(2)16-13(15)17(12)3/h5-6H,1-4H3,(H2,15,16). The highest BCUT2D eigenvalue weighted by molar-refractivity contribution is 6.31. The summed E-state index contributed by atoms with van der Waals surface area (Å²) in [5, 5.41) is 0.699. The summed E-state index contributed by atoms with van der Waals surface area (Å²) >= 11 is 6.19. The third-order valence-electron chi connectivity index (χ3n) is 3.04. The lowest BCUT2D eigenvalue weighted by Crippen LogP contribution is -2.00. The van der Waals surface area contributed by atoms with Crippen molar-refractivity contribution in [3.63, 3.8) is 0 Å². The molecule has 0 saturated heterocycles. The zero-order valence-corrected chi connectivity index (χ0v) is 11.7. The van der Waals surface area contributed by atoms with Crippen LogP contribution in [0.15, 0.2) is 12.1 Å². The van der Waals surface area contributed by atoms with Crippen LogP contribution in [0.4, 0.5) is 5.95 Å². The van der Waals surface area contributed by atoms with E-state index in [4.69, 9.17) is 22.1 Å². The van der Waals surface area contributed by atoms with Gasteiger partial charge in [0.2, 0.25) is 5.95 Å². The highest BCUT2D eigenvalue weighted by Crippen LogP contribution is 2.36. The lowest BCUT2D eigenvalue weighted by molar-refractivity contribution is 0.416. The fourth-order valence-corrected chi connectivity index (χ4v) is 2.21. The largest absolute Gasteiger partial charge is 0.496 e. The number of nitrogens with two attached hydrogens (primary N) is 1. The molecule has 0 atom stereocenters. The predicted octanol–water partition coefficient (Wildman–Crippen LogP) is 2.95. The van der Waals surface area contributed by atoms with E-state index in [0.29, 0.717) is 11.0 Å². The van der Waals surface area contributed by atoms with E-state index < -0.39 is 0 Å². The Morgan fingerprint density at radius 1 is 1.33 bits per heavy atom. The molecule has 0 amide bonds. The van der Waals surface area contributed by atoms with Gasteiger partial charge in [-0.15, -0.1) is 0 Å². The van der Waals surface area contributed by atoms with E-state index >= 15 is 0 Å². The minimum atomic E-state index is 0.473. The summed E-state index contributed by atoms with van der Waals surface area (Å²) in [6.07, 6.45) is 0. The first-order valence-electron chi connectivity index (χ1n) is 5.59. The second kappa shape index (κ2) is 4.53. The Balaban J connectivity index is 2.74. The van der Waals surface area contributed by atoms with E-state index in [2.05, 4.69) is 4.98 Å². The van der Waals surface area contributed by atoms with E-state index in [1.165, 1.54) is 0 Å². The number of rotatable bonds is 2. The third-order valence-corrected chi connectivity index (χ3v) is 3.45. The van der Waals surface area contributed by atoms with Crippen molar-refractivity contribution < 1.29 is 4.74 Å². The fraction of sp³-hybridized carbons (Fsp3) is 0.308. The van der Waals surface area contributed by atoms with Gasteiger partial charge in [-0.1, -0.05) is 11.6 Å². The number of methoxy groups -OCH3 is 1. The van der Waals surface area contributed by atoms with E-state index in [-0.39, 0.29) is 0 Å². The van der Waals surface area contributed by atoms with Crippen molar-refractivity contribution in [2.24, 2.45) is 7.05 Å². The number of hydrogen-bond donors (Lipinski definition) is 1. The van der Waals surface area contributed by atoms with Gasteiger partial charge in [-0.25, -0.2) is 4.98 Å². The number of ether oxygens (including phenoxy) is 1. The first-order valence-corrected chi connectivity index (χ1v) is 5.96. The van der Waals surface area contributed by atoms with Crippen LogP contribution in [0, 0.1) is 13.8 Å². The zero-order valence-electron chi connectivity index (χ0n) is 10.9. The molecule has 2 N–H and O–H groups in total. The number of nitrogens with zero attached hydrogens (tertiary/aromatic N) is 2. The van der Waals surface area contributed by atoms with Crippen LogP contribution >= 0.6 is 11.6 Å². The molecule has 0 aliphatic rings. The number of aromatic nitrogens is 2. The third kappa shape index (κ3) is 1.93. The quantitative estimate of drug-likeness (QED) is 0.908. The lowest BCUT2D eigenvalue weighted by Gasteiger charge is -2.12. The monoisotopic (exact) mass is 265 g/mol. The molecule has 0 unspecified atom stereocenters. The first kappa shape index (κ1) is 12.8. The Morgan fingerprint density at radius 3 is 2.50 bits per heavy atom. The normalized spacial score (nSPS) is 10.7. The molecule has 96 valence electrons. The number of halogens is 1. The van der Waals surface area contributed by atoms with E-state index in [9.17, 15) is 0 Å². The van der Waals surface area contributed by atoms with Crippen molar-refractivity contribution in [2.45, 2.75) is 13.8 Å². The van der Waals surface area contributed by atoms with Gasteiger partial charge < -0.3 is 15.0 Å². The molecule has 1 aromatic carbocycles. The van der Waals surface area contributed by atoms with Crippen LogP contribution in [0.2, 0.25) is 5.02 Å². The molecule has 4 nitrogen and oxygen atoms in total. The van der Waals surface area contributed by atoms with Crippen LogP contribution in [0.1, 0.15) is 11.3 Å². The minimum Gasteiger partial charge on any atom is -0.496 e. The highest BCUT2D eigenvalue weighted by Gasteiger charge is 2.17. The smallest absolute Gasteiger partial charge is 0.200 e. The van der Waals surface area contributed by atoms with Crippen molar-refractivity contribution in [1.82, 2.24) is 9.55 Å². The number of benzene rings is 1. The van der Waals surface area contributed by atoms with Gasteiger partial charge in [-0.05, 0) is 31.5 Å². The average molecular weight is 266 g/mol. The Hall–Kier alpha value is -1.68. The highest BCUT2D eigenvalue weighted by atomic mass is 35.5. The Labute approximate surface area is 111 Å². The summed E-state index contributed by atoms with van der Waals surface area (Å²) in [5.41, 5.74) is 9.47. The average Bonchev–Trinajstić information content (AvgIpc) is 2.57. The molecule has 1 aromatic heterocycles. The molecular weight excluding hydrogens is 250 g/mol. The SMILES string of the molecule is COc1cc(C)c(Cl)cc1-c1c(C)nc(N)n1C. The van der Waals surface area contributed by atoms with Crippen molar-refractivity contribution >= 4 is 17.5 Å². The summed E-state index contributed by atoms with van der Waals surface area (Å²) < 4.78 is 7.25. The van der Waals surface area contributed by atoms with Crippen LogP contribution in [-0.2, 0) is 7.05 Å². The van der Waals surface area contributed by atoms with Gasteiger partial charge in [0.1, 0.15) is 5.75 Å². The summed E-state index contributed by atoms with van der Waals surface area (Å²) in [6, 6.07) is 3.81. The topological polar surface area (TPSA) is 53.1 Å². The van der Waals surface area contributed by atoms with Gasteiger partial charge in [0.25, 0.3) is 0 Å². The van der Waals surface area contributed by atoms with Crippen LogP contribution < -0.4 is 10.5 Å². The van der Waals surface area contributed by atoms with Crippen molar-refractivity contribution in [1.29, 1.82) is 0 Å². The number of imidazole rings is 1. The van der Waals surface area contributed by atoms with Gasteiger partial charge in [0, 0.05) is 17.6 Å². The van der Waals surface area contributed by atoms with Gasteiger partial charge in [0.15, 0.2) is 0 Å². The molecular formula is C13H16ClN3O. The van der Waals surface area contributed by atoms with E-state index in [0.717, 1.165) is 28.3 Å². The second-order valence-corrected chi connectivity index (χ2v) is 4.67. The maximum Gasteiger partial charge on any atom is 0.200 e. The minimum absolute atomic E-state index is 0.473. The molecule has 1 heterocycles. The molecule has 18 heavy (non-hydrogen) atoms. The van der Waals surface area contributed by atoms with Crippen molar-refractivity contribution in [3.05, 3.63) is 28.4 Å². The molecule has 2 rings (SSSR count). The summed E-state index contributed by atoms with van der Waals surface area (Å²) in [5.74, 6) is 1.24. The maximum absolute atomic E-state index is 6.19. The molecule has 0 bridgehead atoms. The lowest BCUT2D eigenvalue weighted by atomic mass is 10.1. The van der Waals surface area contributed by atoms with Crippen molar-refractivity contribution in [3.8, 4) is 17.0 Å². The van der Waals surface area contributed by atoms with E-state index in [1.807, 2.05) is 37.6 Å². The molecule has 0 radical (unpaired) electrons. The van der Waals surface area contributed by atoms with Crippen molar-refractivity contribution in [2.75, 3.05) is 12.8 Å². The van der Waals surface area contributed by atoms with Crippen LogP contribution in [0.25, 0.3) is 11.3 Å². The maximum atomic E-state index is 6.19. The summed E-state index contributed by atoms with van der Waals surface area (Å²) in [4.78, 5) is 4.26. The number of hydrogen-bond acceptors (Lipinski definition) is 3. The zero-order chi connectivity index (χ0) is 13.4. The number of aryl methyl sites for hydroxylation is 2. The number of anilines is 1. The molecule has 0 fully saturated rings. The number of nitrogen functional groups attached to an aromatic ring is 1. The molecule has 0 aliphatic carbocycles. The van der Waals surface area contributed by atoms with E-state index in [1.54, 1.807) is 7.11 Å². The Morgan fingerprint density at radius 2 is 2.00 bits per heavy atom. The fourth-order valence-electron chi connectivity index (χ4n) is 2.04. The van der Waals surface area contributed by atoms with Crippen LogP contribution in [0.3, 0.4) is 0 Å². The molecule has 0 aliphatic heterocycles.